The van der Waals surface area contributed by atoms with E-state index in [0.717, 1.165) is 32.4 Å². The smallest absolute Gasteiger partial charge is 0.230 e. The molecule has 1 fully saturated rings. The van der Waals surface area contributed by atoms with Crippen molar-refractivity contribution in [2.24, 2.45) is 5.92 Å². The topological polar surface area (TPSA) is 20.3 Å². The number of hydrogen-bond donors (Lipinski definition) is 0. The molecule has 1 aromatic carbocycles. The van der Waals surface area contributed by atoms with Gasteiger partial charge in [-0.1, -0.05) is 24.3 Å². The van der Waals surface area contributed by atoms with Crippen LogP contribution < -0.4 is 0 Å². The maximum Gasteiger partial charge on any atom is 0.230 e. The maximum absolute atomic E-state index is 12.5. The van der Waals surface area contributed by atoms with Gasteiger partial charge in [0.05, 0.1) is 5.92 Å². The minimum absolute atomic E-state index is 0.112. The maximum atomic E-state index is 12.5. The van der Waals surface area contributed by atoms with E-state index in [9.17, 15) is 4.79 Å². The van der Waals surface area contributed by atoms with Crippen LogP contribution in [0.25, 0.3) is 0 Å². The third kappa shape index (κ3) is 2.38. The first kappa shape index (κ1) is 13.0. The highest BCUT2D eigenvalue weighted by molar-refractivity contribution is 6.20. The first-order valence-electron chi connectivity index (χ1n) is 7.17. The highest BCUT2D eigenvalue weighted by Crippen LogP contribution is 2.37. The molecule has 1 heterocycles. The van der Waals surface area contributed by atoms with E-state index in [4.69, 9.17) is 11.6 Å². The molecule has 0 spiro atoms. The molecule has 0 aromatic heterocycles. The molecule has 19 heavy (non-hydrogen) atoms. The number of piperidine rings is 1. The molecule has 3 heteroatoms. The Labute approximate surface area is 119 Å². The Morgan fingerprint density at radius 2 is 2.00 bits per heavy atom. The normalized spacial score (nSPS) is 24.5. The number of halogens is 1. The molecular weight excluding hydrogens is 258 g/mol. The molecule has 1 amide bonds. The van der Waals surface area contributed by atoms with Crippen LogP contribution in [0, 0.1) is 5.92 Å². The summed E-state index contributed by atoms with van der Waals surface area (Å²) in [7, 11) is 0. The molecule has 0 radical (unpaired) electrons. The number of likely N-dealkylation sites (tertiary alicyclic amines) is 1. The molecule has 102 valence electrons. The fraction of sp³-hybridized carbons (Fsp3) is 0.562. The summed E-state index contributed by atoms with van der Waals surface area (Å²) in [5, 5.41) is 0.224. The second-order valence-corrected chi connectivity index (χ2v) is 6.48. The molecule has 2 atom stereocenters. The first-order chi connectivity index (χ1) is 9.16. The van der Waals surface area contributed by atoms with Crippen LogP contribution >= 0.6 is 11.6 Å². The Bertz CT molecular complexity index is 477. The van der Waals surface area contributed by atoms with Crippen LogP contribution in [0.1, 0.15) is 36.8 Å². The minimum Gasteiger partial charge on any atom is -0.342 e. The van der Waals surface area contributed by atoms with Gasteiger partial charge in [-0.15, -0.1) is 11.6 Å². The molecule has 2 aliphatic rings. The molecule has 0 bridgehead atoms. The summed E-state index contributed by atoms with van der Waals surface area (Å²) >= 11 is 6.15. The first-order valence-corrected chi connectivity index (χ1v) is 7.61. The summed E-state index contributed by atoms with van der Waals surface area (Å²) in [5.74, 6) is 1.000. The quantitative estimate of drug-likeness (QED) is 0.760. The lowest BCUT2D eigenvalue weighted by Gasteiger charge is -2.38. The van der Waals surface area contributed by atoms with Gasteiger partial charge in [0.15, 0.2) is 0 Å². The molecule has 1 aliphatic heterocycles. The van der Waals surface area contributed by atoms with Gasteiger partial charge in [-0.2, -0.15) is 0 Å². The van der Waals surface area contributed by atoms with E-state index in [1.54, 1.807) is 0 Å². The minimum atomic E-state index is 0.112. The Morgan fingerprint density at radius 3 is 2.63 bits per heavy atom. The lowest BCUT2D eigenvalue weighted by Crippen LogP contribution is -2.44. The largest absolute Gasteiger partial charge is 0.342 e. The van der Waals surface area contributed by atoms with Gasteiger partial charge in [0.1, 0.15) is 0 Å². The molecule has 0 N–H and O–H groups in total. The zero-order chi connectivity index (χ0) is 13.4. The van der Waals surface area contributed by atoms with Crippen LogP contribution in [0.3, 0.4) is 0 Å². The SMILES string of the molecule is CC(Cl)C1CCN(C(=O)C2Cc3ccccc32)CC1. The number of carbonyl (C=O) groups is 1. The van der Waals surface area contributed by atoms with Gasteiger partial charge in [-0.3, -0.25) is 4.79 Å². The molecule has 0 saturated carbocycles. The van der Waals surface area contributed by atoms with Gasteiger partial charge in [0, 0.05) is 18.5 Å². The van der Waals surface area contributed by atoms with Crippen LogP contribution in [-0.4, -0.2) is 29.3 Å². The summed E-state index contributed by atoms with van der Waals surface area (Å²) in [5.41, 5.74) is 2.57. The number of benzene rings is 1. The Balaban J connectivity index is 1.62. The Kier molecular flexibility index (Phi) is 3.53. The number of nitrogens with zero attached hydrogens (tertiary/aromatic N) is 1. The summed E-state index contributed by atoms with van der Waals surface area (Å²) in [6.07, 6.45) is 3.01. The average molecular weight is 278 g/mol. The molecule has 1 aromatic rings. The Morgan fingerprint density at radius 1 is 1.32 bits per heavy atom. The molecule has 1 aliphatic carbocycles. The van der Waals surface area contributed by atoms with Crippen LogP contribution in [0.2, 0.25) is 0 Å². The number of carbonyl (C=O) groups excluding carboxylic acids is 1. The monoisotopic (exact) mass is 277 g/mol. The molecular formula is C16H20ClNO. The highest BCUT2D eigenvalue weighted by Gasteiger charge is 2.36. The molecule has 3 rings (SSSR count). The lowest BCUT2D eigenvalue weighted by atomic mass is 9.76. The van der Waals surface area contributed by atoms with Crippen molar-refractivity contribution in [3.63, 3.8) is 0 Å². The fourth-order valence-electron chi connectivity index (χ4n) is 3.28. The van der Waals surface area contributed by atoms with Crippen molar-refractivity contribution in [2.75, 3.05) is 13.1 Å². The predicted octanol–water partition coefficient (Wildman–Crippen LogP) is 3.19. The van der Waals surface area contributed by atoms with Crippen molar-refractivity contribution < 1.29 is 4.79 Å². The van der Waals surface area contributed by atoms with Crippen LogP contribution in [0.15, 0.2) is 24.3 Å². The number of amides is 1. The summed E-state index contributed by atoms with van der Waals surface area (Å²) in [6, 6.07) is 8.29. The zero-order valence-corrected chi connectivity index (χ0v) is 12.1. The van der Waals surface area contributed by atoms with Gasteiger partial charge in [-0.25, -0.2) is 0 Å². The lowest BCUT2D eigenvalue weighted by molar-refractivity contribution is -0.134. The van der Waals surface area contributed by atoms with Crippen LogP contribution in [0.4, 0.5) is 0 Å². The van der Waals surface area contributed by atoms with E-state index in [1.165, 1.54) is 11.1 Å². The van der Waals surface area contributed by atoms with Crippen LogP contribution in [-0.2, 0) is 11.2 Å². The van der Waals surface area contributed by atoms with Crippen LogP contribution in [0.5, 0.6) is 0 Å². The van der Waals surface area contributed by atoms with Crippen molar-refractivity contribution in [2.45, 2.75) is 37.5 Å². The van der Waals surface area contributed by atoms with Gasteiger partial charge in [-0.05, 0) is 43.2 Å². The second kappa shape index (κ2) is 5.16. The van der Waals surface area contributed by atoms with Crippen molar-refractivity contribution in [1.82, 2.24) is 4.90 Å². The molecule has 1 saturated heterocycles. The number of fused-ring (bicyclic) bond motifs is 1. The second-order valence-electron chi connectivity index (χ2n) is 5.80. The number of rotatable bonds is 2. The van der Waals surface area contributed by atoms with Gasteiger partial charge >= 0.3 is 0 Å². The summed E-state index contributed by atoms with van der Waals surface area (Å²) < 4.78 is 0. The predicted molar refractivity (Wildman–Crippen MR) is 77.5 cm³/mol. The molecule has 2 unspecified atom stereocenters. The average Bonchev–Trinajstić information content (AvgIpc) is 2.40. The van der Waals surface area contributed by atoms with Crippen molar-refractivity contribution in [3.8, 4) is 0 Å². The standard InChI is InChI=1S/C16H20ClNO/c1-11(17)12-6-8-18(9-7-12)16(19)15-10-13-4-2-3-5-14(13)15/h2-5,11-12,15H,6-10H2,1H3. The zero-order valence-electron chi connectivity index (χ0n) is 11.3. The third-order valence-electron chi connectivity index (χ3n) is 4.65. The Hall–Kier alpha value is -1.02. The number of hydrogen-bond acceptors (Lipinski definition) is 1. The van der Waals surface area contributed by atoms with Crippen molar-refractivity contribution in [1.29, 1.82) is 0 Å². The summed E-state index contributed by atoms with van der Waals surface area (Å²) in [6.45, 7) is 3.81. The number of alkyl halides is 1. The van der Waals surface area contributed by atoms with E-state index >= 15 is 0 Å². The highest BCUT2D eigenvalue weighted by atomic mass is 35.5. The summed E-state index contributed by atoms with van der Waals surface area (Å²) in [4.78, 5) is 14.6. The van der Waals surface area contributed by atoms with Gasteiger partial charge in [0.2, 0.25) is 5.91 Å². The van der Waals surface area contributed by atoms with Crippen molar-refractivity contribution >= 4 is 17.5 Å². The van der Waals surface area contributed by atoms with E-state index < -0.39 is 0 Å². The van der Waals surface area contributed by atoms with E-state index in [1.807, 2.05) is 17.0 Å². The van der Waals surface area contributed by atoms with Crippen molar-refractivity contribution in [3.05, 3.63) is 35.4 Å². The van der Waals surface area contributed by atoms with Gasteiger partial charge in [0.25, 0.3) is 0 Å². The fourth-order valence-corrected chi connectivity index (χ4v) is 3.53. The third-order valence-corrected chi connectivity index (χ3v) is 5.01. The van der Waals surface area contributed by atoms with E-state index in [0.29, 0.717) is 11.8 Å². The molecule has 2 nitrogen and oxygen atoms in total. The van der Waals surface area contributed by atoms with Gasteiger partial charge < -0.3 is 4.90 Å². The van der Waals surface area contributed by atoms with E-state index in [-0.39, 0.29) is 11.3 Å². The van der Waals surface area contributed by atoms with E-state index in [2.05, 4.69) is 19.1 Å².